The Kier molecular flexibility index (Phi) is 3.77. The van der Waals surface area contributed by atoms with Crippen molar-refractivity contribution in [2.75, 3.05) is 12.4 Å². The van der Waals surface area contributed by atoms with Crippen molar-refractivity contribution < 1.29 is 14.3 Å². The van der Waals surface area contributed by atoms with Crippen LogP contribution in [0.3, 0.4) is 0 Å². The van der Waals surface area contributed by atoms with Gasteiger partial charge in [0, 0.05) is 18.2 Å². The second-order valence-electron chi connectivity index (χ2n) is 5.00. The van der Waals surface area contributed by atoms with Crippen molar-refractivity contribution in [1.82, 2.24) is 0 Å². The molecule has 0 saturated heterocycles. The molecule has 2 aromatic carbocycles. The van der Waals surface area contributed by atoms with Gasteiger partial charge in [0.05, 0.1) is 7.11 Å². The SMILES string of the molecule is COc1ccc(COc2ccc3c(c2)NC(=O)CC3)cc1. The van der Waals surface area contributed by atoms with E-state index in [4.69, 9.17) is 9.47 Å². The van der Waals surface area contributed by atoms with E-state index in [-0.39, 0.29) is 5.91 Å². The number of benzene rings is 2. The van der Waals surface area contributed by atoms with Crippen LogP contribution in [0, 0.1) is 0 Å². The van der Waals surface area contributed by atoms with Gasteiger partial charge in [-0.1, -0.05) is 18.2 Å². The quantitative estimate of drug-likeness (QED) is 0.937. The average molecular weight is 283 g/mol. The van der Waals surface area contributed by atoms with Crippen LogP contribution >= 0.6 is 0 Å². The number of ether oxygens (including phenoxy) is 2. The van der Waals surface area contributed by atoms with E-state index in [2.05, 4.69) is 5.32 Å². The largest absolute Gasteiger partial charge is 0.497 e. The standard InChI is InChI=1S/C17H17NO3/c1-20-14-6-2-12(3-7-14)11-21-15-8-4-13-5-9-17(19)18-16(13)10-15/h2-4,6-8,10H,5,9,11H2,1H3,(H,18,19). The number of amides is 1. The Balaban J connectivity index is 1.67. The minimum Gasteiger partial charge on any atom is -0.497 e. The van der Waals surface area contributed by atoms with Crippen LogP contribution in [0.5, 0.6) is 11.5 Å². The van der Waals surface area contributed by atoms with Gasteiger partial charge >= 0.3 is 0 Å². The van der Waals surface area contributed by atoms with E-state index in [1.165, 1.54) is 0 Å². The van der Waals surface area contributed by atoms with Gasteiger partial charge in [-0.15, -0.1) is 0 Å². The van der Waals surface area contributed by atoms with Gasteiger partial charge in [0.25, 0.3) is 0 Å². The summed E-state index contributed by atoms with van der Waals surface area (Å²) in [6, 6.07) is 13.6. The lowest BCUT2D eigenvalue weighted by atomic mass is 10.0. The molecule has 1 aliphatic rings. The molecule has 4 heteroatoms. The molecule has 3 rings (SSSR count). The Labute approximate surface area is 123 Å². The van der Waals surface area contributed by atoms with Crippen LogP contribution in [-0.4, -0.2) is 13.0 Å². The van der Waals surface area contributed by atoms with Gasteiger partial charge in [-0.3, -0.25) is 4.79 Å². The fourth-order valence-corrected chi connectivity index (χ4v) is 2.33. The number of carbonyl (C=O) groups excluding carboxylic acids is 1. The molecule has 2 aromatic rings. The Hall–Kier alpha value is -2.49. The van der Waals surface area contributed by atoms with E-state index < -0.39 is 0 Å². The Morgan fingerprint density at radius 2 is 1.81 bits per heavy atom. The van der Waals surface area contributed by atoms with Gasteiger partial charge in [0.2, 0.25) is 5.91 Å². The maximum atomic E-state index is 11.4. The first-order valence-electron chi connectivity index (χ1n) is 6.93. The summed E-state index contributed by atoms with van der Waals surface area (Å²) in [5.74, 6) is 1.65. The fraction of sp³-hybridized carbons (Fsp3) is 0.235. The second kappa shape index (κ2) is 5.87. The highest BCUT2D eigenvalue weighted by molar-refractivity contribution is 5.94. The molecule has 21 heavy (non-hydrogen) atoms. The lowest BCUT2D eigenvalue weighted by molar-refractivity contribution is -0.116. The van der Waals surface area contributed by atoms with Crippen molar-refractivity contribution in [3.8, 4) is 11.5 Å². The first-order chi connectivity index (χ1) is 10.2. The van der Waals surface area contributed by atoms with Gasteiger partial charge in [-0.25, -0.2) is 0 Å². The summed E-state index contributed by atoms with van der Waals surface area (Å²) in [5.41, 5.74) is 3.09. The van der Waals surface area contributed by atoms with E-state index in [0.717, 1.165) is 34.7 Å². The van der Waals surface area contributed by atoms with Crippen LogP contribution in [0.1, 0.15) is 17.5 Å². The first kappa shape index (κ1) is 13.5. The van der Waals surface area contributed by atoms with Crippen LogP contribution in [0.15, 0.2) is 42.5 Å². The number of hydrogen-bond donors (Lipinski definition) is 1. The maximum absolute atomic E-state index is 11.4. The molecule has 0 radical (unpaired) electrons. The minimum atomic E-state index is 0.0646. The molecule has 1 heterocycles. The van der Waals surface area contributed by atoms with E-state index in [0.29, 0.717) is 13.0 Å². The summed E-state index contributed by atoms with van der Waals surface area (Å²) in [4.78, 5) is 11.4. The molecule has 0 spiro atoms. The topological polar surface area (TPSA) is 47.6 Å². The molecular weight excluding hydrogens is 266 g/mol. The van der Waals surface area contributed by atoms with Crippen LogP contribution in [0.4, 0.5) is 5.69 Å². The van der Waals surface area contributed by atoms with Gasteiger partial charge < -0.3 is 14.8 Å². The molecule has 0 bridgehead atoms. The number of methoxy groups -OCH3 is 1. The Morgan fingerprint density at radius 3 is 2.57 bits per heavy atom. The van der Waals surface area contributed by atoms with E-state index in [1.54, 1.807) is 7.11 Å². The van der Waals surface area contributed by atoms with Crippen molar-refractivity contribution >= 4 is 11.6 Å². The van der Waals surface area contributed by atoms with Gasteiger partial charge in [-0.2, -0.15) is 0 Å². The molecule has 4 nitrogen and oxygen atoms in total. The number of carbonyl (C=O) groups is 1. The van der Waals surface area contributed by atoms with Gasteiger partial charge in [-0.05, 0) is 35.7 Å². The van der Waals surface area contributed by atoms with E-state index in [9.17, 15) is 4.79 Å². The number of nitrogens with one attached hydrogen (secondary N) is 1. The number of hydrogen-bond acceptors (Lipinski definition) is 3. The summed E-state index contributed by atoms with van der Waals surface area (Å²) in [5, 5.41) is 2.88. The third kappa shape index (κ3) is 3.16. The third-order valence-electron chi connectivity index (χ3n) is 3.54. The highest BCUT2D eigenvalue weighted by atomic mass is 16.5. The van der Waals surface area contributed by atoms with Gasteiger partial charge in [0.1, 0.15) is 18.1 Å². The van der Waals surface area contributed by atoms with Crippen LogP contribution in [0.2, 0.25) is 0 Å². The van der Waals surface area contributed by atoms with E-state index >= 15 is 0 Å². The van der Waals surface area contributed by atoms with Crippen LogP contribution in [-0.2, 0) is 17.8 Å². The molecule has 0 atom stereocenters. The van der Waals surface area contributed by atoms with Gasteiger partial charge in [0.15, 0.2) is 0 Å². The lowest BCUT2D eigenvalue weighted by Gasteiger charge is -2.17. The summed E-state index contributed by atoms with van der Waals surface area (Å²) in [6.07, 6.45) is 1.35. The molecule has 1 amide bonds. The summed E-state index contributed by atoms with van der Waals surface area (Å²) >= 11 is 0. The highest BCUT2D eigenvalue weighted by Gasteiger charge is 2.14. The normalized spacial score (nSPS) is 13.3. The highest BCUT2D eigenvalue weighted by Crippen LogP contribution is 2.27. The number of fused-ring (bicyclic) bond motifs is 1. The van der Waals surface area contributed by atoms with Crippen molar-refractivity contribution in [3.05, 3.63) is 53.6 Å². The molecule has 0 unspecified atom stereocenters. The number of anilines is 1. The van der Waals surface area contributed by atoms with Crippen molar-refractivity contribution in [1.29, 1.82) is 0 Å². The second-order valence-corrected chi connectivity index (χ2v) is 5.00. The molecule has 0 saturated carbocycles. The summed E-state index contributed by atoms with van der Waals surface area (Å²) in [6.45, 7) is 0.483. The van der Waals surface area contributed by atoms with E-state index in [1.807, 2.05) is 42.5 Å². The molecule has 0 fully saturated rings. The minimum absolute atomic E-state index is 0.0646. The fourth-order valence-electron chi connectivity index (χ4n) is 2.33. The van der Waals surface area contributed by atoms with Crippen LogP contribution < -0.4 is 14.8 Å². The molecule has 0 aromatic heterocycles. The first-order valence-corrected chi connectivity index (χ1v) is 6.93. The molecule has 1 N–H and O–H groups in total. The average Bonchev–Trinajstić information content (AvgIpc) is 2.53. The monoisotopic (exact) mass is 283 g/mol. The summed E-state index contributed by atoms with van der Waals surface area (Å²) < 4.78 is 10.9. The zero-order chi connectivity index (χ0) is 14.7. The predicted octanol–water partition coefficient (Wildman–Crippen LogP) is 3.16. The summed E-state index contributed by atoms with van der Waals surface area (Å²) in [7, 11) is 1.65. The predicted molar refractivity (Wildman–Crippen MR) is 80.7 cm³/mol. The van der Waals surface area contributed by atoms with Crippen molar-refractivity contribution in [3.63, 3.8) is 0 Å². The molecule has 0 aliphatic carbocycles. The third-order valence-corrected chi connectivity index (χ3v) is 3.54. The zero-order valence-electron chi connectivity index (χ0n) is 11.9. The molecule has 108 valence electrons. The molecule has 1 aliphatic heterocycles. The number of rotatable bonds is 4. The Bertz CT molecular complexity index is 650. The lowest BCUT2D eigenvalue weighted by Crippen LogP contribution is -2.18. The Morgan fingerprint density at radius 1 is 1.05 bits per heavy atom. The number of aryl methyl sites for hydroxylation is 1. The van der Waals surface area contributed by atoms with Crippen molar-refractivity contribution in [2.45, 2.75) is 19.4 Å². The zero-order valence-corrected chi connectivity index (χ0v) is 11.9. The smallest absolute Gasteiger partial charge is 0.224 e. The van der Waals surface area contributed by atoms with Crippen molar-refractivity contribution in [2.24, 2.45) is 0 Å². The van der Waals surface area contributed by atoms with Crippen LogP contribution in [0.25, 0.3) is 0 Å². The maximum Gasteiger partial charge on any atom is 0.224 e. The molecular formula is C17H17NO3.